The van der Waals surface area contributed by atoms with Crippen molar-refractivity contribution < 1.29 is 19.4 Å². The largest absolute Gasteiger partial charge is 0.481 e. The van der Waals surface area contributed by atoms with E-state index in [0.29, 0.717) is 12.8 Å². The first-order valence-electron chi connectivity index (χ1n) is 6.96. The Labute approximate surface area is 125 Å². The van der Waals surface area contributed by atoms with Gasteiger partial charge in [-0.15, -0.1) is 0 Å². The Morgan fingerprint density at radius 3 is 2.29 bits per heavy atom. The second kappa shape index (κ2) is 7.22. The molecule has 0 aliphatic rings. The van der Waals surface area contributed by atoms with Gasteiger partial charge in [-0.3, -0.25) is 9.59 Å². The molecule has 21 heavy (non-hydrogen) atoms. The number of benzene rings is 1. The number of nitrogens with two attached hydrogens (primary N) is 1. The molecule has 0 saturated heterocycles. The van der Waals surface area contributed by atoms with Gasteiger partial charge in [0.1, 0.15) is 5.60 Å². The van der Waals surface area contributed by atoms with Gasteiger partial charge in [-0.25, -0.2) is 0 Å². The van der Waals surface area contributed by atoms with Gasteiger partial charge in [0.05, 0.1) is 0 Å². The number of carboxylic acids is 1. The lowest BCUT2D eigenvalue weighted by molar-refractivity contribution is -0.167. The summed E-state index contributed by atoms with van der Waals surface area (Å²) >= 11 is 0. The third-order valence-electron chi connectivity index (χ3n) is 2.96. The van der Waals surface area contributed by atoms with E-state index in [1.165, 1.54) is 0 Å². The molecule has 5 nitrogen and oxygen atoms in total. The number of esters is 1. The average molecular weight is 293 g/mol. The summed E-state index contributed by atoms with van der Waals surface area (Å²) < 4.78 is 5.13. The first-order valence-corrected chi connectivity index (χ1v) is 6.96. The van der Waals surface area contributed by atoms with Crippen molar-refractivity contribution >= 4 is 11.9 Å². The van der Waals surface area contributed by atoms with Crippen LogP contribution >= 0.6 is 0 Å². The fourth-order valence-corrected chi connectivity index (χ4v) is 1.97. The number of hydrogen-bond donors (Lipinski definition) is 2. The summed E-state index contributed by atoms with van der Waals surface area (Å²) in [5.74, 6) is -3.37. The standard InChI is InChI=1S/C16H23NO4/c1-16(2,3)21-15(20)13(14(18)19)12(17)10-9-11-7-5-4-6-8-11/h4-8,12-13H,9-10,17H2,1-3H3,(H,18,19). The van der Waals surface area contributed by atoms with Gasteiger partial charge in [0.15, 0.2) is 5.92 Å². The summed E-state index contributed by atoms with van der Waals surface area (Å²) in [6.45, 7) is 5.08. The third-order valence-corrected chi connectivity index (χ3v) is 2.96. The molecule has 0 saturated carbocycles. The zero-order valence-corrected chi connectivity index (χ0v) is 12.7. The number of rotatable bonds is 6. The summed E-state index contributed by atoms with van der Waals surface area (Å²) in [5.41, 5.74) is 6.23. The molecule has 0 aliphatic heterocycles. The van der Waals surface area contributed by atoms with E-state index >= 15 is 0 Å². The molecule has 5 heteroatoms. The highest BCUT2D eigenvalue weighted by atomic mass is 16.6. The van der Waals surface area contributed by atoms with Crippen LogP contribution in [0.2, 0.25) is 0 Å². The molecule has 1 rings (SSSR count). The Balaban J connectivity index is 2.67. The van der Waals surface area contributed by atoms with Gasteiger partial charge in [0.25, 0.3) is 0 Å². The summed E-state index contributed by atoms with van der Waals surface area (Å²) in [6, 6.07) is 8.82. The lowest BCUT2D eigenvalue weighted by Crippen LogP contribution is -2.44. The fraction of sp³-hybridized carbons (Fsp3) is 0.500. The number of carbonyl (C=O) groups is 2. The van der Waals surface area contributed by atoms with Gasteiger partial charge in [0, 0.05) is 6.04 Å². The monoisotopic (exact) mass is 293 g/mol. The van der Waals surface area contributed by atoms with Gasteiger partial charge in [-0.1, -0.05) is 30.3 Å². The van der Waals surface area contributed by atoms with Crippen molar-refractivity contribution in [1.29, 1.82) is 0 Å². The first-order chi connectivity index (χ1) is 9.70. The molecular formula is C16H23NO4. The third kappa shape index (κ3) is 5.95. The predicted molar refractivity (Wildman–Crippen MR) is 79.7 cm³/mol. The van der Waals surface area contributed by atoms with E-state index in [1.54, 1.807) is 20.8 Å². The molecule has 116 valence electrons. The molecule has 0 bridgehead atoms. The lowest BCUT2D eigenvalue weighted by atomic mass is 9.94. The zero-order valence-electron chi connectivity index (χ0n) is 12.7. The number of aliphatic carboxylic acids is 1. The molecule has 2 unspecified atom stereocenters. The van der Waals surface area contributed by atoms with E-state index in [1.807, 2.05) is 30.3 Å². The molecule has 0 aliphatic carbocycles. The van der Waals surface area contributed by atoms with Crippen molar-refractivity contribution in [3.8, 4) is 0 Å². The quantitative estimate of drug-likeness (QED) is 0.618. The number of carbonyl (C=O) groups excluding carboxylic acids is 1. The predicted octanol–water partition coefficient (Wildman–Crippen LogP) is 1.99. The van der Waals surface area contributed by atoms with Crippen LogP contribution in [0.25, 0.3) is 0 Å². The highest BCUT2D eigenvalue weighted by molar-refractivity contribution is 5.95. The highest BCUT2D eigenvalue weighted by Gasteiger charge is 2.36. The molecule has 0 radical (unpaired) electrons. The highest BCUT2D eigenvalue weighted by Crippen LogP contribution is 2.16. The van der Waals surface area contributed by atoms with E-state index in [0.717, 1.165) is 5.56 Å². The van der Waals surface area contributed by atoms with Crippen LogP contribution in [0.1, 0.15) is 32.8 Å². The first kappa shape index (κ1) is 17.2. The van der Waals surface area contributed by atoms with E-state index < -0.39 is 29.5 Å². The van der Waals surface area contributed by atoms with Gasteiger partial charge >= 0.3 is 11.9 Å². The molecule has 0 aromatic heterocycles. The molecule has 3 N–H and O–H groups in total. The van der Waals surface area contributed by atoms with Gasteiger partial charge in [0.2, 0.25) is 0 Å². The SMILES string of the molecule is CC(C)(C)OC(=O)C(C(=O)O)C(N)CCc1ccccc1. The van der Waals surface area contributed by atoms with Gasteiger partial charge in [-0.2, -0.15) is 0 Å². The number of carboxylic acid groups (broad SMARTS) is 1. The van der Waals surface area contributed by atoms with Crippen molar-refractivity contribution in [3.63, 3.8) is 0 Å². The summed E-state index contributed by atoms with van der Waals surface area (Å²) in [5, 5.41) is 9.23. The summed E-state index contributed by atoms with van der Waals surface area (Å²) in [4.78, 5) is 23.3. The maximum Gasteiger partial charge on any atom is 0.322 e. The number of ether oxygens (including phenoxy) is 1. The zero-order chi connectivity index (χ0) is 16.0. The molecule has 0 amide bonds. The van der Waals surface area contributed by atoms with Crippen LogP contribution in [-0.4, -0.2) is 28.7 Å². The molecule has 0 fully saturated rings. The van der Waals surface area contributed by atoms with Crippen LogP contribution < -0.4 is 5.73 Å². The van der Waals surface area contributed by atoms with Gasteiger partial charge < -0.3 is 15.6 Å². The summed E-state index contributed by atoms with van der Waals surface area (Å²) in [6.07, 6.45) is 1.02. The molecule has 2 atom stereocenters. The maximum absolute atomic E-state index is 12.0. The van der Waals surface area contributed by atoms with Crippen molar-refractivity contribution in [3.05, 3.63) is 35.9 Å². The Hall–Kier alpha value is -1.88. The topological polar surface area (TPSA) is 89.6 Å². The minimum atomic E-state index is -1.34. The molecule has 1 aromatic rings. The normalized spacial score (nSPS) is 14.3. The minimum Gasteiger partial charge on any atom is -0.481 e. The second-order valence-corrected chi connectivity index (χ2v) is 6.04. The Morgan fingerprint density at radius 2 is 1.81 bits per heavy atom. The van der Waals surface area contributed by atoms with Crippen LogP contribution in [0.4, 0.5) is 0 Å². The van der Waals surface area contributed by atoms with E-state index in [2.05, 4.69) is 0 Å². The fourth-order valence-electron chi connectivity index (χ4n) is 1.97. The molecule has 0 heterocycles. The number of hydrogen-bond acceptors (Lipinski definition) is 4. The Morgan fingerprint density at radius 1 is 1.24 bits per heavy atom. The molecular weight excluding hydrogens is 270 g/mol. The Kier molecular flexibility index (Phi) is 5.90. The maximum atomic E-state index is 12.0. The van der Waals surface area contributed by atoms with Crippen molar-refractivity contribution in [2.75, 3.05) is 0 Å². The lowest BCUT2D eigenvalue weighted by Gasteiger charge is -2.25. The smallest absolute Gasteiger partial charge is 0.322 e. The van der Waals surface area contributed by atoms with E-state index in [9.17, 15) is 14.7 Å². The van der Waals surface area contributed by atoms with E-state index in [-0.39, 0.29) is 0 Å². The van der Waals surface area contributed by atoms with Crippen molar-refractivity contribution in [2.45, 2.75) is 45.3 Å². The van der Waals surface area contributed by atoms with Crippen LogP contribution in [0.3, 0.4) is 0 Å². The van der Waals surface area contributed by atoms with Crippen LogP contribution in [0, 0.1) is 5.92 Å². The Bertz CT molecular complexity index is 479. The number of aryl methyl sites for hydroxylation is 1. The average Bonchev–Trinajstić information content (AvgIpc) is 2.35. The molecule has 1 aromatic carbocycles. The molecule has 0 spiro atoms. The van der Waals surface area contributed by atoms with E-state index in [4.69, 9.17) is 10.5 Å². The second-order valence-electron chi connectivity index (χ2n) is 6.04. The van der Waals surface area contributed by atoms with Crippen LogP contribution in [0.5, 0.6) is 0 Å². The van der Waals surface area contributed by atoms with Crippen LogP contribution in [0.15, 0.2) is 30.3 Å². The minimum absolute atomic E-state index is 0.403. The van der Waals surface area contributed by atoms with Crippen molar-refractivity contribution in [1.82, 2.24) is 0 Å². The van der Waals surface area contributed by atoms with Crippen molar-refractivity contribution in [2.24, 2.45) is 11.7 Å². The van der Waals surface area contributed by atoms with Gasteiger partial charge in [-0.05, 0) is 39.2 Å². The van der Waals surface area contributed by atoms with Crippen LogP contribution in [-0.2, 0) is 20.7 Å². The summed E-state index contributed by atoms with van der Waals surface area (Å²) in [7, 11) is 0.